The van der Waals surface area contributed by atoms with Crippen LogP contribution in [-0.4, -0.2) is 57.5 Å². The molecule has 0 bridgehead atoms. The van der Waals surface area contributed by atoms with Gasteiger partial charge in [0.1, 0.15) is 0 Å². The van der Waals surface area contributed by atoms with Crippen LogP contribution in [0.4, 0.5) is 0 Å². The fourth-order valence-corrected chi connectivity index (χ4v) is 7.26. The van der Waals surface area contributed by atoms with Gasteiger partial charge in [0, 0.05) is 31.2 Å². The molecule has 202 valence electrons. The molecule has 1 aliphatic rings. The predicted molar refractivity (Wildman–Crippen MR) is 147 cm³/mol. The first kappa shape index (κ1) is 28.3. The minimum Gasteiger partial charge on any atom is -0.355 e. The number of halogens is 1. The van der Waals surface area contributed by atoms with E-state index in [9.17, 15) is 21.6 Å². The lowest BCUT2D eigenvalue weighted by atomic mass is 10.1. The molecule has 0 aromatic heterocycles. The number of rotatable bonds is 11. The van der Waals surface area contributed by atoms with E-state index >= 15 is 0 Å². The summed E-state index contributed by atoms with van der Waals surface area (Å²) >= 11 is 5.92. The van der Waals surface area contributed by atoms with Gasteiger partial charge >= 0.3 is 0 Å². The van der Waals surface area contributed by atoms with Crippen molar-refractivity contribution in [2.75, 3.05) is 26.2 Å². The Bertz CT molecular complexity index is 1440. The van der Waals surface area contributed by atoms with E-state index in [0.717, 1.165) is 28.3 Å². The SMILES string of the molecule is O=C(CN(Cc1ccccc1)S(=O)(=O)c1ccc(Cl)cc1)NCCc1ccc(S(=O)(=O)N2CCCC2)cc1. The lowest BCUT2D eigenvalue weighted by Gasteiger charge is -2.22. The Labute approximate surface area is 229 Å². The van der Waals surface area contributed by atoms with Gasteiger partial charge in [0.05, 0.1) is 16.3 Å². The molecule has 1 fully saturated rings. The number of carbonyl (C=O) groups excluding carboxylic acids is 1. The van der Waals surface area contributed by atoms with Crippen LogP contribution in [-0.2, 0) is 37.8 Å². The Morgan fingerprint density at radius 3 is 2.05 bits per heavy atom. The summed E-state index contributed by atoms with van der Waals surface area (Å²) in [6.07, 6.45) is 2.22. The highest BCUT2D eigenvalue weighted by molar-refractivity contribution is 7.89. The second-order valence-electron chi connectivity index (χ2n) is 9.07. The molecule has 0 aliphatic carbocycles. The molecular weight excluding hydrogens is 546 g/mol. The lowest BCUT2D eigenvalue weighted by molar-refractivity contribution is -0.121. The van der Waals surface area contributed by atoms with Crippen LogP contribution in [0.1, 0.15) is 24.0 Å². The van der Waals surface area contributed by atoms with Crippen molar-refractivity contribution in [3.05, 3.63) is 95.0 Å². The van der Waals surface area contributed by atoms with E-state index < -0.39 is 26.0 Å². The average molecular weight is 576 g/mol. The normalized spacial score (nSPS) is 14.6. The van der Waals surface area contributed by atoms with Crippen molar-refractivity contribution >= 4 is 37.6 Å². The molecule has 1 N–H and O–H groups in total. The van der Waals surface area contributed by atoms with Gasteiger partial charge in [-0.15, -0.1) is 0 Å². The quantitative estimate of drug-likeness (QED) is 0.376. The molecule has 1 amide bonds. The van der Waals surface area contributed by atoms with Gasteiger partial charge in [0.25, 0.3) is 0 Å². The molecule has 0 atom stereocenters. The van der Waals surface area contributed by atoms with Gasteiger partial charge in [-0.25, -0.2) is 16.8 Å². The third-order valence-electron chi connectivity index (χ3n) is 6.34. The molecule has 1 aliphatic heterocycles. The summed E-state index contributed by atoms with van der Waals surface area (Å²) in [6, 6.07) is 21.5. The summed E-state index contributed by atoms with van der Waals surface area (Å²) in [5.41, 5.74) is 1.61. The second kappa shape index (κ2) is 12.4. The minimum atomic E-state index is -3.96. The molecule has 11 heteroatoms. The Morgan fingerprint density at radius 2 is 1.42 bits per heavy atom. The number of carbonyl (C=O) groups is 1. The smallest absolute Gasteiger partial charge is 0.243 e. The Kier molecular flexibility index (Phi) is 9.22. The summed E-state index contributed by atoms with van der Waals surface area (Å²) in [6.45, 7) is 1.05. The zero-order chi connectivity index (χ0) is 27.2. The van der Waals surface area contributed by atoms with E-state index in [1.807, 2.05) is 18.2 Å². The van der Waals surface area contributed by atoms with Crippen LogP contribution in [0.25, 0.3) is 0 Å². The van der Waals surface area contributed by atoms with Crippen molar-refractivity contribution in [1.82, 2.24) is 13.9 Å². The van der Waals surface area contributed by atoms with E-state index in [4.69, 9.17) is 11.6 Å². The number of nitrogens with one attached hydrogen (secondary N) is 1. The molecule has 1 saturated heterocycles. The van der Waals surface area contributed by atoms with Gasteiger partial charge in [-0.05, 0) is 66.8 Å². The molecule has 0 saturated carbocycles. The Balaban J connectivity index is 1.38. The fourth-order valence-electron chi connectivity index (χ4n) is 4.24. The standard InChI is InChI=1S/C27H30ClN3O5S2/c28-24-10-14-26(15-11-24)38(35,36)31(20-23-6-2-1-3-7-23)21-27(32)29-17-16-22-8-12-25(13-9-22)37(33,34)30-18-4-5-19-30/h1-3,6-15H,4-5,16-21H2,(H,29,32). The van der Waals surface area contributed by atoms with Gasteiger partial charge in [-0.3, -0.25) is 4.79 Å². The van der Waals surface area contributed by atoms with Crippen molar-refractivity contribution in [2.24, 2.45) is 0 Å². The summed E-state index contributed by atoms with van der Waals surface area (Å²) in [5, 5.41) is 3.19. The average Bonchev–Trinajstić information content (AvgIpc) is 3.46. The first-order chi connectivity index (χ1) is 18.2. The van der Waals surface area contributed by atoms with Gasteiger partial charge in [0.2, 0.25) is 26.0 Å². The van der Waals surface area contributed by atoms with Gasteiger partial charge in [-0.2, -0.15) is 8.61 Å². The zero-order valence-electron chi connectivity index (χ0n) is 20.8. The number of hydrogen-bond acceptors (Lipinski definition) is 5. The molecule has 38 heavy (non-hydrogen) atoms. The molecule has 3 aromatic rings. The first-order valence-electron chi connectivity index (χ1n) is 12.3. The van der Waals surface area contributed by atoms with E-state index in [-0.39, 0.29) is 29.4 Å². The van der Waals surface area contributed by atoms with Gasteiger partial charge in [-0.1, -0.05) is 54.1 Å². The third-order valence-corrected chi connectivity index (χ3v) is 10.3. The van der Waals surface area contributed by atoms with Gasteiger partial charge in [0.15, 0.2) is 0 Å². The topological polar surface area (TPSA) is 104 Å². The monoisotopic (exact) mass is 575 g/mol. The number of benzene rings is 3. The second-order valence-corrected chi connectivity index (χ2v) is 13.4. The maximum Gasteiger partial charge on any atom is 0.243 e. The summed E-state index contributed by atoms with van der Waals surface area (Å²) in [5.74, 6) is -0.438. The highest BCUT2D eigenvalue weighted by Crippen LogP contribution is 2.22. The maximum absolute atomic E-state index is 13.3. The van der Waals surface area contributed by atoms with Crippen molar-refractivity contribution in [3.8, 4) is 0 Å². The van der Waals surface area contributed by atoms with Crippen LogP contribution in [0.5, 0.6) is 0 Å². The molecule has 3 aromatic carbocycles. The number of nitrogens with zero attached hydrogens (tertiary/aromatic N) is 2. The van der Waals surface area contributed by atoms with Crippen molar-refractivity contribution in [1.29, 1.82) is 0 Å². The molecule has 0 unspecified atom stereocenters. The van der Waals surface area contributed by atoms with E-state index in [1.54, 1.807) is 36.4 Å². The number of sulfonamides is 2. The number of hydrogen-bond donors (Lipinski definition) is 1. The molecule has 1 heterocycles. The lowest BCUT2D eigenvalue weighted by Crippen LogP contribution is -2.40. The van der Waals surface area contributed by atoms with Crippen molar-refractivity contribution in [3.63, 3.8) is 0 Å². The highest BCUT2D eigenvalue weighted by Gasteiger charge is 2.28. The predicted octanol–water partition coefficient (Wildman–Crippen LogP) is 3.67. The van der Waals surface area contributed by atoms with Crippen LogP contribution in [0.3, 0.4) is 0 Å². The zero-order valence-corrected chi connectivity index (χ0v) is 23.2. The van der Waals surface area contributed by atoms with E-state index in [1.165, 1.54) is 28.6 Å². The maximum atomic E-state index is 13.3. The molecule has 8 nitrogen and oxygen atoms in total. The van der Waals surface area contributed by atoms with Crippen LogP contribution >= 0.6 is 11.6 Å². The largest absolute Gasteiger partial charge is 0.355 e. The van der Waals surface area contributed by atoms with Crippen LogP contribution in [0, 0.1) is 0 Å². The van der Waals surface area contributed by atoms with Crippen LogP contribution in [0.15, 0.2) is 88.7 Å². The van der Waals surface area contributed by atoms with Gasteiger partial charge < -0.3 is 5.32 Å². The van der Waals surface area contributed by atoms with E-state index in [2.05, 4.69) is 5.32 Å². The van der Waals surface area contributed by atoms with Crippen molar-refractivity contribution in [2.45, 2.75) is 35.6 Å². The summed E-state index contributed by atoms with van der Waals surface area (Å²) < 4.78 is 54.7. The third kappa shape index (κ3) is 7.00. The molecular formula is C27H30ClN3O5S2. The van der Waals surface area contributed by atoms with Crippen molar-refractivity contribution < 1.29 is 21.6 Å². The first-order valence-corrected chi connectivity index (χ1v) is 15.6. The molecule has 4 rings (SSSR count). The summed E-state index contributed by atoms with van der Waals surface area (Å²) in [7, 11) is -7.44. The molecule has 0 spiro atoms. The Morgan fingerprint density at radius 1 is 0.816 bits per heavy atom. The Hall–Kier alpha value is -2.76. The van der Waals surface area contributed by atoms with Crippen LogP contribution in [0.2, 0.25) is 5.02 Å². The molecule has 0 radical (unpaired) electrons. The minimum absolute atomic E-state index is 0.0339. The van der Waals surface area contributed by atoms with Crippen LogP contribution < -0.4 is 5.32 Å². The van der Waals surface area contributed by atoms with E-state index in [0.29, 0.717) is 24.5 Å². The number of amides is 1. The highest BCUT2D eigenvalue weighted by atomic mass is 35.5. The fraction of sp³-hybridized carbons (Fsp3) is 0.296. The summed E-state index contributed by atoms with van der Waals surface area (Å²) in [4.78, 5) is 13.1.